The number of rotatable bonds is 0. The Kier molecular flexibility index (Phi) is 3.52. The highest BCUT2D eigenvalue weighted by Gasteiger charge is 2.33. The Morgan fingerprint density at radius 3 is 1.83 bits per heavy atom. The number of halogens is 5. The number of hydrogen-bond acceptors (Lipinski definition) is 0. The van der Waals surface area contributed by atoms with E-state index in [-0.39, 0.29) is 12.4 Å². The van der Waals surface area contributed by atoms with Crippen molar-refractivity contribution in [3.8, 4) is 0 Å². The van der Waals surface area contributed by atoms with E-state index in [9.17, 15) is 17.6 Å². The van der Waals surface area contributed by atoms with E-state index in [4.69, 9.17) is 0 Å². The largest absolute Gasteiger partial charge is 0.419 e. The highest BCUT2D eigenvalue weighted by Crippen LogP contribution is 2.30. The Morgan fingerprint density at radius 1 is 1.00 bits per heavy atom. The third-order valence-corrected chi connectivity index (χ3v) is 1.18. The lowest BCUT2D eigenvalue weighted by molar-refractivity contribution is -0.139. The van der Waals surface area contributed by atoms with Crippen molar-refractivity contribution in [2.75, 3.05) is 0 Å². The summed E-state index contributed by atoms with van der Waals surface area (Å²) in [5, 5.41) is 0. The van der Waals surface area contributed by atoms with Crippen molar-refractivity contribution in [1.29, 1.82) is 0 Å². The molecule has 0 unspecified atom stereocenters. The molecule has 5 heteroatoms. The first-order valence-corrected chi connectivity index (χ1v) is 2.83. The second kappa shape index (κ2) is 3.76. The summed E-state index contributed by atoms with van der Waals surface area (Å²) in [5.74, 6) is -1.24. The van der Waals surface area contributed by atoms with E-state index in [1.54, 1.807) is 0 Å². The highest BCUT2D eigenvalue weighted by atomic mass is 35.5. The van der Waals surface area contributed by atoms with Gasteiger partial charge in [0.1, 0.15) is 5.82 Å². The van der Waals surface area contributed by atoms with Crippen LogP contribution in [-0.4, -0.2) is 0 Å². The van der Waals surface area contributed by atoms with Crippen molar-refractivity contribution in [2.45, 2.75) is 6.18 Å². The summed E-state index contributed by atoms with van der Waals surface area (Å²) in [4.78, 5) is 0. The molecule has 0 N–H and O–H groups in total. The van der Waals surface area contributed by atoms with E-state index >= 15 is 0 Å². The van der Waals surface area contributed by atoms with Crippen molar-refractivity contribution < 1.29 is 17.6 Å². The fraction of sp³-hybridized carbons (Fsp3) is 0.143. The molecule has 0 atom stereocenters. The quantitative estimate of drug-likeness (QED) is 0.564. The van der Waals surface area contributed by atoms with Crippen LogP contribution in [0.4, 0.5) is 17.6 Å². The van der Waals surface area contributed by atoms with Crippen LogP contribution in [0.25, 0.3) is 0 Å². The van der Waals surface area contributed by atoms with Gasteiger partial charge in [0, 0.05) is 0 Å². The van der Waals surface area contributed by atoms with Crippen LogP contribution in [0.3, 0.4) is 0 Å². The molecule has 0 nitrogen and oxygen atoms in total. The Labute approximate surface area is 72.6 Å². The average Bonchev–Trinajstić information content (AvgIpc) is 1.86. The van der Waals surface area contributed by atoms with E-state index in [1.807, 2.05) is 0 Å². The Hall–Kier alpha value is -0.770. The maximum Gasteiger partial charge on any atom is 0.419 e. The molecule has 0 saturated heterocycles. The van der Waals surface area contributed by atoms with Crippen molar-refractivity contribution in [3.63, 3.8) is 0 Å². The zero-order valence-electron chi connectivity index (χ0n) is 5.73. The van der Waals surface area contributed by atoms with E-state index in [2.05, 4.69) is 0 Å². The smallest absolute Gasteiger partial charge is 0.206 e. The lowest BCUT2D eigenvalue weighted by Gasteiger charge is -2.05. The van der Waals surface area contributed by atoms with E-state index < -0.39 is 17.6 Å². The summed E-state index contributed by atoms with van der Waals surface area (Å²) in [7, 11) is 0. The van der Waals surface area contributed by atoms with Crippen LogP contribution in [-0.2, 0) is 6.18 Å². The molecule has 0 radical (unpaired) electrons. The predicted octanol–water partition coefficient (Wildman–Crippen LogP) is 3.27. The second-order valence-electron chi connectivity index (χ2n) is 1.98. The first kappa shape index (κ1) is 11.2. The van der Waals surface area contributed by atoms with Gasteiger partial charge >= 0.3 is 6.18 Å². The molecule has 0 amide bonds. The van der Waals surface area contributed by atoms with Crippen LogP contribution in [0, 0.1) is 5.82 Å². The number of hydrogen-bond donors (Lipinski definition) is 0. The van der Waals surface area contributed by atoms with Crippen LogP contribution in [0.1, 0.15) is 5.56 Å². The topological polar surface area (TPSA) is 0 Å². The summed E-state index contributed by atoms with van der Waals surface area (Å²) < 4.78 is 47.8. The predicted molar refractivity (Wildman–Crippen MR) is 38.7 cm³/mol. The maximum atomic E-state index is 12.4. The molecular weight excluding hydrogens is 196 g/mol. The summed E-state index contributed by atoms with van der Waals surface area (Å²) in [6, 6.07) is 3.84. The fourth-order valence-electron chi connectivity index (χ4n) is 0.691. The van der Waals surface area contributed by atoms with Gasteiger partial charge in [0.05, 0.1) is 5.56 Å². The molecule has 0 aliphatic rings. The van der Waals surface area contributed by atoms with Gasteiger partial charge in [-0.1, -0.05) is 12.1 Å². The van der Waals surface area contributed by atoms with Gasteiger partial charge in [-0.3, -0.25) is 0 Å². The zero-order valence-corrected chi connectivity index (χ0v) is 6.55. The fourth-order valence-corrected chi connectivity index (χ4v) is 0.691. The molecule has 1 aromatic carbocycles. The maximum absolute atomic E-state index is 12.4. The monoisotopic (exact) mass is 200 g/mol. The lowest BCUT2D eigenvalue weighted by atomic mass is 10.2. The van der Waals surface area contributed by atoms with Gasteiger partial charge in [-0.05, 0) is 12.1 Å². The van der Waals surface area contributed by atoms with E-state index in [1.165, 1.54) is 6.07 Å². The molecular formula is C7H5ClF4. The van der Waals surface area contributed by atoms with Gasteiger partial charge in [0.25, 0.3) is 0 Å². The summed E-state index contributed by atoms with van der Waals surface area (Å²) >= 11 is 0. The van der Waals surface area contributed by atoms with Crippen LogP contribution >= 0.6 is 12.4 Å². The third-order valence-electron chi connectivity index (χ3n) is 1.18. The van der Waals surface area contributed by atoms with Gasteiger partial charge in [0.15, 0.2) is 0 Å². The molecule has 0 fully saturated rings. The third kappa shape index (κ3) is 2.37. The first-order valence-electron chi connectivity index (χ1n) is 2.83. The lowest BCUT2D eigenvalue weighted by Crippen LogP contribution is -2.07. The Morgan fingerprint density at radius 2 is 1.50 bits per heavy atom. The normalized spacial score (nSPS) is 10.7. The van der Waals surface area contributed by atoms with Crippen LogP contribution in [0.2, 0.25) is 0 Å². The van der Waals surface area contributed by atoms with Crippen molar-refractivity contribution in [3.05, 3.63) is 35.6 Å². The van der Waals surface area contributed by atoms with Gasteiger partial charge in [-0.15, -0.1) is 12.4 Å². The molecule has 0 heterocycles. The standard InChI is InChI=1S/C7H4F4.ClH/c8-6-4-2-1-3-5(6)7(9,10)11;/h1-4H;1H. The molecule has 12 heavy (non-hydrogen) atoms. The van der Waals surface area contributed by atoms with Gasteiger partial charge in [-0.2, -0.15) is 13.2 Å². The minimum Gasteiger partial charge on any atom is -0.206 e. The van der Waals surface area contributed by atoms with Crippen LogP contribution < -0.4 is 0 Å². The van der Waals surface area contributed by atoms with Crippen LogP contribution in [0.5, 0.6) is 0 Å². The Bertz CT molecular complexity index is 256. The summed E-state index contributed by atoms with van der Waals surface area (Å²) in [6.45, 7) is 0. The highest BCUT2D eigenvalue weighted by molar-refractivity contribution is 5.85. The number of alkyl halides is 3. The molecule has 0 spiro atoms. The molecule has 0 aliphatic heterocycles. The molecule has 68 valence electrons. The summed E-state index contributed by atoms with van der Waals surface area (Å²) in [6.07, 6.45) is -4.59. The molecule has 0 bridgehead atoms. The zero-order chi connectivity index (χ0) is 8.48. The van der Waals surface area contributed by atoms with Crippen molar-refractivity contribution >= 4 is 12.4 Å². The Balaban J connectivity index is 0.00000121. The van der Waals surface area contributed by atoms with Crippen LogP contribution in [0.15, 0.2) is 24.3 Å². The molecule has 0 aromatic heterocycles. The summed E-state index contributed by atoms with van der Waals surface area (Å²) in [5.41, 5.74) is -1.22. The minimum absolute atomic E-state index is 0. The van der Waals surface area contributed by atoms with Gasteiger partial charge in [-0.25, -0.2) is 4.39 Å². The van der Waals surface area contributed by atoms with Gasteiger partial charge < -0.3 is 0 Å². The number of benzene rings is 1. The van der Waals surface area contributed by atoms with Crippen molar-refractivity contribution in [2.24, 2.45) is 0 Å². The van der Waals surface area contributed by atoms with Crippen molar-refractivity contribution in [1.82, 2.24) is 0 Å². The molecule has 1 aromatic rings. The van der Waals surface area contributed by atoms with E-state index in [0.29, 0.717) is 6.07 Å². The molecule has 0 aliphatic carbocycles. The minimum atomic E-state index is -4.59. The first-order chi connectivity index (χ1) is 5.02. The molecule has 1 rings (SSSR count). The second-order valence-corrected chi connectivity index (χ2v) is 1.98. The average molecular weight is 201 g/mol. The van der Waals surface area contributed by atoms with Gasteiger partial charge in [0.2, 0.25) is 0 Å². The molecule has 0 saturated carbocycles. The van der Waals surface area contributed by atoms with E-state index in [0.717, 1.165) is 12.1 Å². The SMILES string of the molecule is Cl.Fc1ccccc1C(F)(F)F.